The minimum atomic E-state index is -0.876. The zero-order valence-corrected chi connectivity index (χ0v) is 11.6. The number of allylic oxidation sites excluding steroid dienone is 1. The number of carboxylic acid groups (broad SMARTS) is 1. The molecule has 1 rings (SSSR count). The highest BCUT2D eigenvalue weighted by molar-refractivity contribution is 5.90. The molecule has 0 saturated carbocycles. The Bertz CT molecular complexity index is 425. The fourth-order valence-corrected chi connectivity index (χ4v) is 1.93. The molecule has 1 aromatic carbocycles. The van der Waals surface area contributed by atoms with Crippen LogP contribution < -0.4 is 0 Å². The van der Waals surface area contributed by atoms with Gasteiger partial charge in [0.25, 0.3) is 0 Å². The van der Waals surface area contributed by atoms with Gasteiger partial charge in [-0.1, -0.05) is 52.0 Å². The van der Waals surface area contributed by atoms with Crippen LogP contribution in [0, 0.1) is 5.92 Å². The summed E-state index contributed by atoms with van der Waals surface area (Å²) in [4.78, 5) is 10.9. The van der Waals surface area contributed by atoms with E-state index in [1.165, 1.54) is 11.6 Å². The van der Waals surface area contributed by atoms with Crippen LogP contribution in [0.4, 0.5) is 0 Å². The lowest BCUT2D eigenvalue weighted by atomic mass is 9.93. The zero-order chi connectivity index (χ0) is 13.7. The monoisotopic (exact) mass is 246 g/mol. The van der Waals surface area contributed by atoms with E-state index in [4.69, 9.17) is 5.11 Å². The van der Waals surface area contributed by atoms with Crippen molar-refractivity contribution in [3.05, 3.63) is 41.5 Å². The summed E-state index contributed by atoms with van der Waals surface area (Å²) in [5.74, 6) is 0.0648. The molecule has 0 aromatic heterocycles. The molecular weight excluding hydrogens is 224 g/mol. The van der Waals surface area contributed by atoms with Gasteiger partial charge in [-0.25, -0.2) is 4.79 Å². The van der Waals surface area contributed by atoms with Gasteiger partial charge in [-0.15, -0.1) is 0 Å². The molecule has 1 N–H and O–H groups in total. The molecule has 0 amide bonds. The summed E-state index contributed by atoms with van der Waals surface area (Å²) < 4.78 is 0. The van der Waals surface area contributed by atoms with Crippen molar-refractivity contribution in [2.45, 2.75) is 40.0 Å². The first-order chi connectivity index (χ1) is 8.40. The Kier molecular flexibility index (Phi) is 5.14. The number of aliphatic carboxylic acids is 1. The smallest absolute Gasteiger partial charge is 0.328 e. The summed E-state index contributed by atoms with van der Waals surface area (Å²) in [6.45, 7) is 8.49. The van der Waals surface area contributed by atoms with Crippen molar-refractivity contribution in [1.29, 1.82) is 0 Å². The molecule has 0 heterocycles. The van der Waals surface area contributed by atoms with E-state index in [0.29, 0.717) is 11.8 Å². The van der Waals surface area contributed by atoms with Crippen molar-refractivity contribution < 1.29 is 9.90 Å². The van der Waals surface area contributed by atoms with E-state index in [1.54, 1.807) is 0 Å². The van der Waals surface area contributed by atoms with Gasteiger partial charge in [0.1, 0.15) is 0 Å². The van der Waals surface area contributed by atoms with Crippen LogP contribution >= 0.6 is 0 Å². The molecular formula is C16H22O2. The minimum Gasteiger partial charge on any atom is -0.478 e. The summed E-state index contributed by atoms with van der Waals surface area (Å²) in [6, 6.07) is 8.20. The normalized spacial score (nSPS) is 12.2. The lowest BCUT2D eigenvalue weighted by Gasteiger charge is -2.12. The van der Waals surface area contributed by atoms with Crippen LogP contribution in [0.15, 0.2) is 30.3 Å². The molecule has 0 unspecified atom stereocenters. The van der Waals surface area contributed by atoms with Crippen LogP contribution in [0.25, 0.3) is 5.57 Å². The SMILES string of the molecule is CC(C)C/C(=C\C(=O)O)c1ccc(C(C)C)cc1. The molecule has 18 heavy (non-hydrogen) atoms. The molecule has 1 aromatic rings. The molecule has 0 bridgehead atoms. The van der Waals surface area contributed by atoms with Crippen molar-refractivity contribution in [2.75, 3.05) is 0 Å². The second kappa shape index (κ2) is 6.39. The van der Waals surface area contributed by atoms with Crippen LogP contribution in [-0.2, 0) is 4.79 Å². The number of carboxylic acids is 1. The van der Waals surface area contributed by atoms with E-state index in [0.717, 1.165) is 17.6 Å². The maximum absolute atomic E-state index is 10.9. The summed E-state index contributed by atoms with van der Waals surface area (Å²) in [5, 5.41) is 8.92. The van der Waals surface area contributed by atoms with Gasteiger partial charge in [0.15, 0.2) is 0 Å². The first-order valence-corrected chi connectivity index (χ1v) is 6.44. The number of carbonyl (C=O) groups is 1. The Hall–Kier alpha value is -1.57. The molecule has 0 saturated heterocycles. The second-order valence-corrected chi connectivity index (χ2v) is 5.38. The molecule has 0 radical (unpaired) electrons. The second-order valence-electron chi connectivity index (χ2n) is 5.38. The van der Waals surface area contributed by atoms with E-state index >= 15 is 0 Å². The summed E-state index contributed by atoms with van der Waals surface area (Å²) in [7, 11) is 0. The van der Waals surface area contributed by atoms with Gasteiger partial charge < -0.3 is 5.11 Å². The third kappa shape index (κ3) is 4.36. The van der Waals surface area contributed by atoms with Gasteiger partial charge in [-0.3, -0.25) is 0 Å². The van der Waals surface area contributed by atoms with Gasteiger partial charge >= 0.3 is 5.97 Å². The van der Waals surface area contributed by atoms with Gasteiger partial charge in [-0.2, -0.15) is 0 Å². The van der Waals surface area contributed by atoms with Crippen molar-refractivity contribution in [3.8, 4) is 0 Å². The van der Waals surface area contributed by atoms with Crippen LogP contribution in [0.2, 0.25) is 0 Å². The molecule has 0 aliphatic heterocycles. The Labute approximate surface area is 109 Å². The van der Waals surface area contributed by atoms with Crippen molar-refractivity contribution in [1.82, 2.24) is 0 Å². The lowest BCUT2D eigenvalue weighted by molar-refractivity contribution is -0.131. The Balaban J connectivity index is 3.02. The van der Waals surface area contributed by atoms with Gasteiger partial charge in [0.2, 0.25) is 0 Å². The number of benzene rings is 1. The highest BCUT2D eigenvalue weighted by Gasteiger charge is 2.07. The van der Waals surface area contributed by atoms with Crippen LogP contribution in [-0.4, -0.2) is 11.1 Å². The Morgan fingerprint density at radius 3 is 2.11 bits per heavy atom. The molecule has 0 aliphatic rings. The highest BCUT2D eigenvalue weighted by atomic mass is 16.4. The third-order valence-corrected chi connectivity index (χ3v) is 2.87. The Morgan fingerprint density at radius 1 is 1.17 bits per heavy atom. The van der Waals surface area contributed by atoms with Gasteiger partial charge in [0.05, 0.1) is 0 Å². The standard InChI is InChI=1S/C16H22O2/c1-11(2)9-15(10-16(17)18)14-7-5-13(6-8-14)12(3)4/h5-8,10-12H,9H2,1-4H3,(H,17,18)/b15-10+. The fraction of sp³-hybridized carbons (Fsp3) is 0.438. The van der Waals surface area contributed by atoms with E-state index in [1.807, 2.05) is 12.1 Å². The third-order valence-electron chi connectivity index (χ3n) is 2.87. The topological polar surface area (TPSA) is 37.3 Å². The predicted molar refractivity (Wildman–Crippen MR) is 75.6 cm³/mol. The number of hydrogen-bond donors (Lipinski definition) is 1. The molecule has 2 heteroatoms. The largest absolute Gasteiger partial charge is 0.478 e. The number of hydrogen-bond acceptors (Lipinski definition) is 1. The average molecular weight is 246 g/mol. The van der Waals surface area contributed by atoms with Crippen molar-refractivity contribution >= 4 is 11.5 Å². The molecule has 0 fully saturated rings. The van der Waals surface area contributed by atoms with Crippen LogP contribution in [0.5, 0.6) is 0 Å². The molecule has 98 valence electrons. The average Bonchev–Trinajstić information content (AvgIpc) is 2.27. The van der Waals surface area contributed by atoms with E-state index < -0.39 is 5.97 Å². The van der Waals surface area contributed by atoms with Crippen LogP contribution in [0.3, 0.4) is 0 Å². The zero-order valence-electron chi connectivity index (χ0n) is 11.6. The van der Waals surface area contributed by atoms with Gasteiger partial charge in [0, 0.05) is 6.08 Å². The predicted octanol–water partition coefficient (Wildman–Crippen LogP) is 4.32. The first-order valence-electron chi connectivity index (χ1n) is 6.44. The molecule has 2 nitrogen and oxygen atoms in total. The van der Waals surface area contributed by atoms with E-state index in [9.17, 15) is 4.79 Å². The lowest BCUT2D eigenvalue weighted by Crippen LogP contribution is -1.97. The minimum absolute atomic E-state index is 0.445. The first kappa shape index (κ1) is 14.5. The highest BCUT2D eigenvalue weighted by Crippen LogP contribution is 2.24. The van der Waals surface area contributed by atoms with E-state index in [2.05, 4.69) is 39.8 Å². The summed E-state index contributed by atoms with van der Waals surface area (Å²) >= 11 is 0. The maximum atomic E-state index is 10.9. The van der Waals surface area contributed by atoms with E-state index in [-0.39, 0.29) is 0 Å². The summed E-state index contributed by atoms with van der Waals surface area (Å²) in [5.41, 5.74) is 3.18. The molecule has 0 atom stereocenters. The van der Waals surface area contributed by atoms with Crippen LogP contribution in [0.1, 0.15) is 51.2 Å². The molecule has 0 aliphatic carbocycles. The maximum Gasteiger partial charge on any atom is 0.328 e. The summed E-state index contributed by atoms with van der Waals surface area (Å²) in [6.07, 6.45) is 2.11. The van der Waals surface area contributed by atoms with Gasteiger partial charge in [-0.05, 0) is 35.0 Å². The quantitative estimate of drug-likeness (QED) is 0.785. The molecule has 0 spiro atoms. The fourth-order valence-electron chi connectivity index (χ4n) is 1.93. The van der Waals surface area contributed by atoms with Crippen molar-refractivity contribution in [3.63, 3.8) is 0 Å². The number of rotatable bonds is 5. The van der Waals surface area contributed by atoms with Crippen molar-refractivity contribution in [2.24, 2.45) is 5.92 Å². The Morgan fingerprint density at radius 2 is 1.72 bits per heavy atom.